The minimum Gasteiger partial charge on any atom is -0.453 e. The number of carbonyl (C=O) groups is 2. The Bertz CT molecular complexity index is 777. The number of benzene rings is 1. The molecule has 0 bridgehead atoms. The van der Waals surface area contributed by atoms with E-state index in [9.17, 15) is 9.59 Å². The number of amides is 1. The van der Waals surface area contributed by atoms with E-state index in [0.29, 0.717) is 43.2 Å². The highest BCUT2D eigenvalue weighted by Crippen LogP contribution is 2.38. The first-order chi connectivity index (χ1) is 12.0. The van der Waals surface area contributed by atoms with Gasteiger partial charge in [-0.2, -0.15) is 0 Å². The number of nitrogens with zero attached hydrogens (tertiary/aromatic N) is 2. The van der Waals surface area contributed by atoms with Gasteiger partial charge in [-0.15, -0.1) is 0 Å². The zero-order valence-corrected chi connectivity index (χ0v) is 15.1. The van der Waals surface area contributed by atoms with Crippen LogP contribution in [0.1, 0.15) is 24.4 Å². The summed E-state index contributed by atoms with van der Waals surface area (Å²) in [6, 6.07) is 9.06. The molecule has 1 aromatic heterocycles. The number of anilines is 1. The van der Waals surface area contributed by atoms with Crippen molar-refractivity contribution in [3.8, 4) is 11.3 Å². The number of piperazine rings is 1. The topological polar surface area (TPSA) is 53.8 Å². The van der Waals surface area contributed by atoms with Crippen LogP contribution in [0.25, 0.3) is 11.3 Å². The Morgan fingerprint density at radius 2 is 1.88 bits per heavy atom. The summed E-state index contributed by atoms with van der Waals surface area (Å²) in [4.78, 5) is 27.1. The highest BCUT2D eigenvalue weighted by atomic mass is 35.5. The van der Waals surface area contributed by atoms with Crippen LogP contribution in [0.2, 0.25) is 5.02 Å². The third-order valence-electron chi connectivity index (χ3n) is 4.40. The normalized spacial score (nSPS) is 14.9. The number of para-hydroxylation sites is 1. The molecule has 1 amide bonds. The lowest BCUT2D eigenvalue weighted by molar-refractivity contribution is -0.134. The molecule has 5 nitrogen and oxygen atoms in total. The smallest absolute Gasteiger partial charge is 0.225 e. The Kier molecular flexibility index (Phi) is 5.13. The second-order valence-electron chi connectivity index (χ2n) is 6.42. The van der Waals surface area contributed by atoms with E-state index in [0.717, 1.165) is 11.3 Å². The Morgan fingerprint density at radius 1 is 1.16 bits per heavy atom. The van der Waals surface area contributed by atoms with Gasteiger partial charge in [0.05, 0.1) is 10.7 Å². The van der Waals surface area contributed by atoms with E-state index in [1.165, 1.54) is 0 Å². The largest absolute Gasteiger partial charge is 0.453 e. The second-order valence-corrected chi connectivity index (χ2v) is 6.83. The highest BCUT2D eigenvalue weighted by molar-refractivity contribution is 6.34. The summed E-state index contributed by atoms with van der Waals surface area (Å²) < 4.78 is 5.58. The van der Waals surface area contributed by atoms with Gasteiger partial charge in [0.25, 0.3) is 0 Å². The zero-order valence-electron chi connectivity index (χ0n) is 14.4. The van der Waals surface area contributed by atoms with Crippen molar-refractivity contribution in [1.82, 2.24) is 4.90 Å². The first-order valence-electron chi connectivity index (χ1n) is 8.39. The highest BCUT2D eigenvalue weighted by Gasteiger charge is 2.26. The first kappa shape index (κ1) is 17.5. The van der Waals surface area contributed by atoms with Crippen molar-refractivity contribution >= 4 is 29.5 Å². The van der Waals surface area contributed by atoms with Gasteiger partial charge in [0, 0.05) is 37.7 Å². The maximum absolute atomic E-state index is 12.2. The van der Waals surface area contributed by atoms with Gasteiger partial charge in [-0.3, -0.25) is 9.59 Å². The van der Waals surface area contributed by atoms with Crippen molar-refractivity contribution in [3.63, 3.8) is 0 Å². The van der Waals surface area contributed by atoms with Crippen LogP contribution in [0.5, 0.6) is 0 Å². The SMILES string of the molecule is CC(C)C(=O)N1CCN(c2c(Cl)cccc2-c2ccc(C=O)o2)CC1. The Hall–Kier alpha value is -2.27. The fourth-order valence-corrected chi connectivity index (χ4v) is 3.41. The van der Waals surface area contributed by atoms with Gasteiger partial charge in [0.1, 0.15) is 5.76 Å². The maximum Gasteiger partial charge on any atom is 0.225 e. The van der Waals surface area contributed by atoms with Crippen molar-refractivity contribution in [3.05, 3.63) is 41.1 Å². The minimum absolute atomic E-state index is 0.00676. The molecule has 1 aromatic carbocycles. The lowest BCUT2D eigenvalue weighted by atomic mass is 10.1. The fourth-order valence-electron chi connectivity index (χ4n) is 3.11. The molecule has 0 N–H and O–H groups in total. The monoisotopic (exact) mass is 360 g/mol. The maximum atomic E-state index is 12.2. The molecule has 1 aliphatic heterocycles. The molecule has 0 aliphatic carbocycles. The molecule has 6 heteroatoms. The van der Waals surface area contributed by atoms with E-state index < -0.39 is 0 Å². The Morgan fingerprint density at radius 3 is 2.48 bits per heavy atom. The Balaban J connectivity index is 1.86. The average molecular weight is 361 g/mol. The van der Waals surface area contributed by atoms with E-state index in [1.807, 2.05) is 36.9 Å². The molecule has 25 heavy (non-hydrogen) atoms. The van der Waals surface area contributed by atoms with Gasteiger partial charge in [-0.05, 0) is 24.3 Å². The van der Waals surface area contributed by atoms with E-state index in [2.05, 4.69) is 4.90 Å². The van der Waals surface area contributed by atoms with E-state index >= 15 is 0 Å². The molecule has 0 unspecified atom stereocenters. The van der Waals surface area contributed by atoms with Gasteiger partial charge in [-0.1, -0.05) is 31.5 Å². The van der Waals surface area contributed by atoms with Crippen LogP contribution >= 0.6 is 11.6 Å². The second kappa shape index (κ2) is 7.31. The van der Waals surface area contributed by atoms with Crippen LogP contribution in [0.15, 0.2) is 34.7 Å². The number of hydrogen-bond donors (Lipinski definition) is 0. The number of carbonyl (C=O) groups excluding carboxylic acids is 2. The summed E-state index contributed by atoms with van der Waals surface area (Å²) in [5.41, 5.74) is 1.73. The standard InChI is InChI=1S/C19H21ClN2O3/c1-13(2)19(24)22-10-8-21(9-11-22)18-15(4-3-5-16(18)20)17-7-6-14(12-23)25-17/h3-7,12-13H,8-11H2,1-2H3. The van der Waals surface area contributed by atoms with Gasteiger partial charge in [0.15, 0.2) is 12.0 Å². The van der Waals surface area contributed by atoms with Gasteiger partial charge in [0.2, 0.25) is 5.91 Å². The third kappa shape index (κ3) is 3.56. The number of halogens is 1. The summed E-state index contributed by atoms with van der Waals surface area (Å²) in [6.45, 7) is 6.58. The molecule has 132 valence electrons. The average Bonchev–Trinajstić information content (AvgIpc) is 3.10. The summed E-state index contributed by atoms with van der Waals surface area (Å²) >= 11 is 6.47. The van der Waals surface area contributed by atoms with Crippen molar-refractivity contribution in [2.75, 3.05) is 31.1 Å². The molecule has 0 saturated carbocycles. The van der Waals surface area contributed by atoms with Gasteiger partial charge in [-0.25, -0.2) is 0 Å². The van der Waals surface area contributed by atoms with Crippen molar-refractivity contribution in [2.45, 2.75) is 13.8 Å². The van der Waals surface area contributed by atoms with Crippen LogP contribution in [0.4, 0.5) is 5.69 Å². The predicted octanol–water partition coefficient (Wildman–Crippen LogP) is 3.72. The molecular formula is C19H21ClN2O3. The molecule has 3 rings (SSSR count). The molecule has 2 heterocycles. The minimum atomic E-state index is 0.00676. The van der Waals surface area contributed by atoms with Crippen molar-refractivity contribution in [1.29, 1.82) is 0 Å². The molecule has 1 aliphatic rings. The summed E-state index contributed by atoms with van der Waals surface area (Å²) in [5, 5.41) is 0.630. The van der Waals surface area contributed by atoms with Gasteiger partial charge >= 0.3 is 0 Å². The molecule has 0 spiro atoms. The number of hydrogen-bond acceptors (Lipinski definition) is 4. The van der Waals surface area contributed by atoms with Crippen LogP contribution in [0, 0.1) is 5.92 Å². The molecule has 0 atom stereocenters. The summed E-state index contributed by atoms with van der Waals surface area (Å²) in [7, 11) is 0. The van der Waals surface area contributed by atoms with Crippen molar-refractivity contribution < 1.29 is 14.0 Å². The van der Waals surface area contributed by atoms with Crippen LogP contribution < -0.4 is 4.90 Å². The van der Waals surface area contributed by atoms with E-state index in [1.54, 1.807) is 12.1 Å². The van der Waals surface area contributed by atoms with Crippen molar-refractivity contribution in [2.24, 2.45) is 5.92 Å². The van der Waals surface area contributed by atoms with Crippen LogP contribution in [-0.4, -0.2) is 43.3 Å². The summed E-state index contributed by atoms with van der Waals surface area (Å²) in [5.74, 6) is 1.08. The van der Waals surface area contributed by atoms with E-state index in [4.69, 9.17) is 16.0 Å². The molecule has 1 saturated heterocycles. The molecule has 2 aromatic rings. The van der Waals surface area contributed by atoms with E-state index in [-0.39, 0.29) is 17.6 Å². The lowest BCUT2D eigenvalue weighted by Crippen LogP contribution is -2.50. The number of rotatable bonds is 4. The first-order valence-corrected chi connectivity index (χ1v) is 8.76. The molecule has 1 fully saturated rings. The fraction of sp³-hybridized carbons (Fsp3) is 0.368. The number of aldehydes is 1. The lowest BCUT2D eigenvalue weighted by Gasteiger charge is -2.38. The number of furan rings is 1. The zero-order chi connectivity index (χ0) is 18.0. The van der Waals surface area contributed by atoms with Crippen LogP contribution in [0.3, 0.4) is 0 Å². The predicted molar refractivity (Wildman–Crippen MR) is 98.2 cm³/mol. The summed E-state index contributed by atoms with van der Waals surface area (Å²) in [6.07, 6.45) is 0.685. The molecule has 0 radical (unpaired) electrons. The van der Waals surface area contributed by atoms with Crippen LogP contribution in [-0.2, 0) is 4.79 Å². The van der Waals surface area contributed by atoms with Gasteiger partial charge < -0.3 is 14.2 Å². The quantitative estimate of drug-likeness (QED) is 0.780. The molecular weight excluding hydrogens is 340 g/mol. The third-order valence-corrected chi connectivity index (χ3v) is 4.70. The Labute approximate surface area is 152 Å².